The SMILES string of the molecule is S=C1CC2CC3CC(C2)C1C3. The Kier molecular flexibility index (Phi) is 1.24. The molecule has 0 nitrogen and oxygen atoms in total. The molecule has 0 amide bonds. The van der Waals surface area contributed by atoms with Crippen molar-refractivity contribution in [2.24, 2.45) is 23.7 Å². The molecule has 0 N–H and O–H groups in total. The molecule has 0 spiro atoms. The number of thiocarbonyl (C=S) groups is 1. The average molecular weight is 166 g/mol. The van der Waals surface area contributed by atoms with E-state index in [0.717, 1.165) is 23.7 Å². The smallest absolute Gasteiger partial charge is 0.00350 e. The maximum atomic E-state index is 5.45. The highest BCUT2D eigenvalue weighted by Gasteiger charge is 2.46. The van der Waals surface area contributed by atoms with Crippen LogP contribution in [0.3, 0.4) is 0 Å². The van der Waals surface area contributed by atoms with Crippen molar-refractivity contribution in [1.82, 2.24) is 0 Å². The van der Waals surface area contributed by atoms with Crippen molar-refractivity contribution in [3.63, 3.8) is 0 Å². The van der Waals surface area contributed by atoms with Crippen LogP contribution in [-0.4, -0.2) is 4.86 Å². The molecule has 3 aliphatic rings. The molecule has 3 bridgehead atoms. The summed E-state index contributed by atoms with van der Waals surface area (Å²) in [6.45, 7) is 0. The van der Waals surface area contributed by atoms with Crippen LogP contribution in [0.5, 0.6) is 0 Å². The van der Waals surface area contributed by atoms with Gasteiger partial charge in [0, 0.05) is 0 Å². The van der Waals surface area contributed by atoms with Gasteiger partial charge < -0.3 is 0 Å². The normalized spacial score (nSPS) is 53.6. The molecule has 0 saturated heterocycles. The fourth-order valence-electron chi connectivity index (χ4n) is 3.69. The van der Waals surface area contributed by atoms with Crippen molar-refractivity contribution in [3.05, 3.63) is 0 Å². The number of fused-ring (bicyclic) bond motifs is 2. The van der Waals surface area contributed by atoms with E-state index in [4.69, 9.17) is 12.2 Å². The minimum Gasteiger partial charge on any atom is -0.0894 e. The Labute approximate surface area is 73.4 Å². The molecule has 3 saturated carbocycles. The maximum Gasteiger partial charge on any atom is -0.00350 e. The molecule has 0 aromatic rings. The first-order valence-electron chi connectivity index (χ1n) is 4.85. The lowest BCUT2D eigenvalue weighted by molar-refractivity contribution is 0.244. The maximum absolute atomic E-state index is 5.45. The van der Waals surface area contributed by atoms with Crippen LogP contribution in [0.15, 0.2) is 0 Å². The molecule has 4 unspecified atom stereocenters. The largest absolute Gasteiger partial charge is 0.0894 e. The van der Waals surface area contributed by atoms with Crippen LogP contribution in [-0.2, 0) is 0 Å². The zero-order chi connectivity index (χ0) is 7.42. The summed E-state index contributed by atoms with van der Waals surface area (Å²) in [7, 11) is 0. The molecule has 3 rings (SSSR count). The summed E-state index contributed by atoms with van der Waals surface area (Å²) < 4.78 is 0. The molecule has 0 aromatic heterocycles. The topological polar surface area (TPSA) is 0 Å². The predicted octanol–water partition coefficient (Wildman–Crippen LogP) is 2.81. The predicted molar refractivity (Wildman–Crippen MR) is 49.6 cm³/mol. The molecule has 0 heterocycles. The summed E-state index contributed by atoms with van der Waals surface area (Å²) in [5.74, 6) is 3.99. The van der Waals surface area contributed by atoms with E-state index in [-0.39, 0.29) is 0 Å². The van der Waals surface area contributed by atoms with Gasteiger partial charge in [-0.2, -0.15) is 0 Å². The molecule has 0 radical (unpaired) electrons. The van der Waals surface area contributed by atoms with Gasteiger partial charge in [0.05, 0.1) is 0 Å². The van der Waals surface area contributed by atoms with Crippen LogP contribution < -0.4 is 0 Å². The van der Waals surface area contributed by atoms with Crippen molar-refractivity contribution in [2.75, 3.05) is 0 Å². The van der Waals surface area contributed by atoms with Gasteiger partial charge in [0.15, 0.2) is 0 Å². The van der Waals surface area contributed by atoms with Gasteiger partial charge in [-0.05, 0) is 60.6 Å². The highest BCUT2D eigenvalue weighted by Crippen LogP contribution is 2.53. The van der Waals surface area contributed by atoms with Crippen molar-refractivity contribution < 1.29 is 0 Å². The first-order valence-corrected chi connectivity index (χ1v) is 5.26. The summed E-state index contributed by atoms with van der Waals surface area (Å²) >= 11 is 5.45. The van der Waals surface area contributed by atoms with Gasteiger partial charge in [0.1, 0.15) is 0 Å². The van der Waals surface area contributed by atoms with Gasteiger partial charge in [-0.25, -0.2) is 0 Å². The minimum atomic E-state index is 0.883. The molecule has 1 heteroatoms. The summed E-state index contributed by atoms with van der Waals surface area (Å²) in [4.78, 5) is 1.44. The third-order valence-electron chi connectivity index (χ3n) is 4.00. The molecule has 3 aliphatic carbocycles. The summed E-state index contributed by atoms with van der Waals surface area (Å²) in [5.41, 5.74) is 0. The van der Waals surface area contributed by atoms with Crippen molar-refractivity contribution in [2.45, 2.75) is 32.1 Å². The minimum absolute atomic E-state index is 0.883. The van der Waals surface area contributed by atoms with Crippen LogP contribution in [0, 0.1) is 23.7 Å². The van der Waals surface area contributed by atoms with Gasteiger partial charge in [0.25, 0.3) is 0 Å². The highest BCUT2D eigenvalue weighted by atomic mass is 32.1. The average Bonchev–Trinajstić information content (AvgIpc) is 2.19. The van der Waals surface area contributed by atoms with Gasteiger partial charge in [-0.1, -0.05) is 12.2 Å². The monoisotopic (exact) mass is 166 g/mol. The molecule has 0 aliphatic heterocycles. The number of rotatable bonds is 0. The second-order valence-electron chi connectivity index (χ2n) is 4.71. The van der Waals surface area contributed by atoms with Crippen molar-refractivity contribution in [3.8, 4) is 0 Å². The second kappa shape index (κ2) is 2.07. The van der Waals surface area contributed by atoms with Crippen LogP contribution in [0.4, 0.5) is 0 Å². The van der Waals surface area contributed by atoms with Gasteiger partial charge in [0.2, 0.25) is 0 Å². The van der Waals surface area contributed by atoms with E-state index in [1.807, 2.05) is 0 Å². The quantitative estimate of drug-likeness (QED) is 0.499. The van der Waals surface area contributed by atoms with E-state index >= 15 is 0 Å². The van der Waals surface area contributed by atoms with Crippen molar-refractivity contribution in [1.29, 1.82) is 0 Å². The van der Waals surface area contributed by atoms with E-state index in [1.54, 1.807) is 0 Å². The number of hydrogen-bond donors (Lipinski definition) is 0. The van der Waals surface area contributed by atoms with E-state index < -0.39 is 0 Å². The third-order valence-corrected chi connectivity index (χ3v) is 4.47. The van der Waals surface area contributed by atoms with E-state index in [2.05, 4.69) is 0 Å². The van der Waals surface area contributed by atoms with Crippen LogP contribution in [0.2, 0.25) is 0 Å². The molecule has 0 aromatic carbocycles. The van der Waals surface area contributed by atoms with E-state index in [9.17, 15) is 0 Å². The van der Waals surface area contributed by atoms with Gasteiger partial charge in [-0.15, -0.1) is 0 Å². The van der Waals surface area contributed by atoms with Gasteiger partial charge in [-0.3, -0.25) is 0 Å². The lowest BCUT2D eigenvalue weighted by Crippen LogP contribution is -2.29. The van der Waals surface area contributed by atoms with Gasteiger partial charge >= 0.3 is 0 Å². The zero-order valence-electron chi connectivity index (χ0n) is 6.75. The Morgan fingerprint density at radius 1 is 1.00 bits per heavy atom. The van der Waals surface area contributed by atoms with E-state index in [0.29, 0.717) is 0 Å². The Bertz CT molecular complexity index is 207. The van der Waals surface area contributed by atoms with Crippen LogP contribution in [0.1, 0.15) is 32.1 Å². The Morgan fingerprint density at radius 2 is 1.82 bits per heavy atom. The summed E-state index contributed by atoms with van der Waals surface area (Å²) in [5, 5.41) is 0. The molecule has 4 atom stereocenters. The fourth-order valence-corrected chi connectivity index (χ4v) is 4.21. The van der Waals surface area contributed by atoms with Crippen LogP contribution >= 0.6 is 12.2 Å². The third kappa shape index (κ3) is 0.837. The Balaban J connectivity index is 2.00. The Hall–Kier alpha value is 0.0900. The first kappa shape index (κ1) is 6.59. The highest BCUT2D eigenvalue weighted by molar-refractivity contribution is 7.80. The lowest BCUT2D eigenvalue weighted by atomic mass is 9.72. The van der Waals surface area contributed by atoms with E-state index in [1.165, 1.54) is 37.0 Å². The first-order chi connectivity index (χ1) is 5.33. The van der Waals surface area contributed by atoms with Crippen molar-refractivity contribution >= 4 is 17.1 Å². The standard InChI is InChI=1S/C10H14S/c11-10-5-7-1-6-2-8(3-7)9(10)4-6/h6-9H,1-5H2. The molecular formula is C10H14S. The summed E-state index contributed by atoms with van der Waals surface area (Å²) in [6, 6.07) is 0. The molecule has 11 heavy (non-hydrogen) atoms. The fraction of sp³-hybridized carbons (Fsp3) is 0.900. The zero-order valence-corrected chi connectivity index (χ0v) is 7.57. The molecule has 3 fully saturated rings. The van der Waals surface area contributed by atoms with Crippen LogP contribution in [0.25, 0.3) is 0 Å². The Morgan fingerprint density at radius 3 is 2.73 bits per heavy atom. The molecular weight excluding hydrogens is 152 g/mol. The number of hydrogen-bond acceptors (Lipinski definition) is 1. The summed E-state index contributed by atoms with van der Waals surface area (Å²) in [6.07, 6.45) is 7.29. The lowest BCUT2D eigenvalue weighted by Gasteiger charge is -2.34. The second-order valence-corrected chi connectivity index (χ2v) is 5.24. The molecule has 60 valence electrons.